The predicted molar refractivity (Wildman–Crippen MR) is 87.2 cm³/mol. The van der Waals surface area contributed by atoms with E-state index in [1.807, 2.05) is 0 Å². The van der Waals surface area contributed by atoms with Gasteiger partial charge in [0.2, 0.25) is 0 Å². The van der Waals surface area contributed by atoms with Crippen molar-refractivity contribution in [1.29, 1.82) is 0 Å². The van der Waals surface area contributed by atoms with Crippen LogP contribution in [0.4, 0.5) is 0 Å². The quantitative estimate of drug-likeness (QED) is 0.897. The fourth-order valence-corrected chi connectivity index (χ4v) is 3.52. The van der Waals surface area contributed by atoms with E-state index in [-0.39, 0.29) is 0 Å². The molecule has 0 radical (unpaired) electrons. The first-order chi connectivity index (χ1) is 9.52. The van der Waals surface area contributed by atoms with Crippen LogP contribution >= 0.6 is 0 Å². The van der Waals surface area contributed by atoms with Crippen molar-refractivity contribution in [2.24, 2.45) is 0 Å². The first-order valence-corrected chi connectivity index (χ1v) is 7.99. The monoisotopic (exact) mass is 274 g/mol. The minimum atomic E-state index is 0.506. The molecule has 0 spiro atoms. The molecule has 0 amide bonds. The van der Waals surface area contributed by atoms with E-state index in [9.17, 15) is 0 Å². The van der Waals surface area contributed by atoms with Crippen molar-refractivity contribution < 1.29 is 0 Å². The van der Waals surface area contributed by atoms with Crippen molar-refractivity contribution in [2.75, 3.05) is 14.1 Å². The van der Waals surface area contributed by atoms with E-state index in [1.165, 1.54) is 42.4 Å². The van der Waals surface area contributed by atoms with Crippen LogP contribution in [0, 0.1) is 13.8 Å². The van der Waals surface area contributed by atoms with Gasteiger partial charge in [0.15, 0.2) is 0 Å². The molecule has 112 valence electrons. The molecule has 1 aromatic rings. The number of rotatable bonds is 4. The molecule has 0 aliphatic heterocycles. The Kier molecular flexibility index (Phi) is 5.22. The summed E-state index contributed by atoms with van der Waals surface area (Å²) in [6.07, 6.45) is 5.25. The van der Waals surface area contributed by atoms with Gasteiger partial charge in [0.05, 0.1) is 0 Å². The van der Waals surface area contributed by atoms with E-state index in [4.69, 9.17) is 0 Å². The van der Waals surface area contributed by atoms with Crippen molar-refractivity contribution >= 4 is 0 Å². The molecule has 0 heterocycles. The first-order valence-electron chi connectivity index (χ1n) is 7.99. The summed E-state index contributed by atoms with van der Waals surface area (Å²) in [7, 11) is 4.39. The third-order valence-electron chi connectivity index (χ3n) is 5.18. The molecule has 20 heavy (non-hydrogen) atoms. The fourth-order valence-electron chi connectivity index (χ4n) is 3.52. The van der Waals surface area contributed by atoms with Crippen molar-refractivity contribution in [1.82, 2.24) is 10.2 Å². The topological polar surface area (TPSA) is 15.3 Å². The summed E-state index contributed by atoms with van der Waals surface area (Å²) < 4.78 is 0. The molecule has 1 aliphatic rings. The third kappa shape index (κ3) is 3.42. The summed E-state index contributed by atoms with van der Waals surface area (Å²) in [6, 6.07) is 8.79. The van der Waals surface area contributed by atoms with Crippen LogP contribution in [0.25, 0.3) is 0 Å². The molecule has 1 atom stereocenters. The number of nitrogens with zero attached hydrogens (tertiary/aromatic N) is 1. The van der Waals surface area contributed by atoms with Gasteiger partial charge in [-0.25, -0.2) is 0 Å². The van der Waals surface area contributed by atoms with Crippen molar-refractivity contribution in [3.8, 4) is 0 Å². The van der Waals surface area contributed by atoms with E-state index in [1.54, 1.807) is 0 Å². The third-order valence-corrected chi connectivity index (χ3v) is 5.18. The summed E-state index contributed by atoms with van der Waals surface area (Å²) >= 11 is 0. The average molecular weight is 274 g/mol. The molecule has 0 bridgehead atoms. The summed E-state index contributed by atoms with van der Waals surface area (Å²) in [5.41, 5.74) is 4.27. The highest BCUT2D eigenvalue weighted by molar-refractivity contribution is 5.32. The first kappa shape index (κ1) is 15.5. The SMILES string of the molecule is CNC1CCC(N(C)C(C)c2cc(C)ccc2C)CC1. The summed E-state index contributed by atoms with van der Waals surface area (Å²) in [5.74, 6) is 0. The van der Waals surface area contributed by atoms with Crippen LogP contribution in [-0.4, -0.2) is 31.1 Å². The van der Waals surface area contributed by atoms with Crippen LogP contribution in [0.15, 0.2) is 18.2 Å². The zero-order valence-electron chi connectivity index (χ0n) is 13.7. The van der Waals surface area contributed by atoms with E-state index < -0.39 is 0 Å². The van der Waals surface area contributed by atoms with Gasteiger partial charge in [-0.2, -0.15) is 0 Å². The molecule has 0 aromatic heterocycles. The van der Waals surface area contributed by atoms with Gasteiger partial charge >= 0.3 is 0 Å². The van der Waals surface area contributed by atoms with E-state index in [0.29, 0.717) is 6.04 Å². The lowest BCUT2D eigenvalue weighted by Crippen LogP contribution is -2.40. The Balaban J connectivity index is 2.05. The highest BCUT2D eigenvalue weighted by Crippen LogP contribution is 2.30. The van der Waals surface area contributed by atoms with Crippen LogP contribution in [0.1, 0.15) is 55.3 Å². The molecular formula is C18H30N2. The Bertz CT molecular complexity index is 433. The molecule has 2 rings (SSSR count). The standard InChI is InChI=1S/C18H30N2/c1-13-6-7-14(2)18(12-13)15(3)20(5)17-10-8-16(19-4)9-11-17/h6-7,12,15-17,19H,8-11H2,1-5H3. The van der Waals surface area contributed by atoms with Crippen LogP contribution in [0.2, 0.25) is 0 Å². The van der Waals surface area contributed by atoms with E-state index in [2.05, 4.69) is 63.3 Å². The van der Waals surface area contributed by atoms with Gasteiger partial charge in [-0.1, -0.05) is 23.8 Å². The zero-order valence-corrected chi connectivity index (χ0v) is 13.7. The Labute approximate surface area is 124 Å². The molecule has 2 nitrogen and oxygen atoms in total. The molecule has 1 aliphatic carbocycles. The molecule has 2 heteroatoms. The lowest BCUT2D eigenvalue weighted by Gasteiger charge is -2.38. The Morgan fingerprint density at radius 2 is 1.80 bits per heavy atom. The fraction of sp³-hybridized carbons (Fsp3) is 0.667. The highest BCUT2D eigenvalue weighted by Gasteiger charge is 2.26. The Hall–Kier alpha value is -0.860. The van der Waals surface area contributed by atoms with Gasteiger partial charge < -0.3 is 5.32 Å². The second-order valence-corrected chi connectivity index (χ2v) is 6.50. The summed E-state index contributed by atoms with van der Waals surface area (Å²) in [6.45, 7) is 6.77. The highest BCUT2D eigenvalue weighted by atomic mass is 15.2. The van der Waals surface area contributed by atoms with Gasteiger partial charge in [-0.05, 0) is 71.7 Å². The molecular weight excluding hydrogens is 244 g/mol. The maximum Gasteiger partial charge on any atom is 0.0322 e. The predicted octanol–water partition coefficient (Wildman–Crippen LogP) is 3.83. The second kappa shape index (κ2) is 6.73. The summed E-state index contributed by atoms with van der Waals surface area (Å²) in [5, 5.41) is 3.42. The zero-order chi connectivity index (χ0) is 14.7. The largest absolute Gasteiger partial charge is 0.317 e. The number of aryl methyl sites for hydroxylation is 2. The molecule has 1 unspecified atom stereocenters. The van der Waals surface area contributed by atoms with Crippen LogP contribution in [0.5, 0.6) is 0 Å². The van der Waals surface area contributed by atoms with Gasteiger partial charge in [0.1, 0.15) is 0 Å². The van der Waals surface area contributed by atoms with Crippen molar-refractivity contribution in [3.63, 3.8) is 0 Å². The molecule has 0 saturated heterocycles. The maximum absolute atomic E-state index is 3.42. The lowest BCUT2D eigenvalue weighted by molar-refractivity contribution is 0.136. The van der Waals surface area contributed by atoms with Crippen LogP contribution in [-0.2, 0) is 0 Å². The molecule has 1 aromatic carbocycles. The number of nitrogens with one attached hydrogen (secondary N) is 1. The van der Waals surface area contributed by atoms with Crippen molar-refractivity contribution in [3.05, 3.63) is 34.9 Å². The number of hydrogen-bond acceptors (Lipinski definition) is 2. The molecule has 1 saturated carbocycles. The molecule has 1 N–H and O–H groups in total. The Morgan fingerprint density at radius 3 is 2.40 bits per heavy atom. The minimum absolute atomic E-state index is 0.506. The maximum atomic E-state index is 3.42. The van der Waals surface area contributed by atoms with Gasteiger partial charge in [-0.15, -0.1) is 0 Å². The number of hydrogen-bond donors (Lipinski definition) is 1. The smallest absolute Gasteiger partial charge is 0.0322 e. The second-order valence-electron chi connectivity index (χ2n) is 6.50. The van der Waals surface area contributed by atoms with Crippen LogP contribution < -0.4 is 5.32 Å². The Morgan fingerprint density at radius 1 is 1.15 bits per heavy atom. The van der Waals surface area contributed by atoms with Gasteiger partial charge in [0, 0.05) is 18.1 Å². The average Bonchev–Trinajstić information content (AvgIpc) is 2.48. The van der Waals surface area contributed by atoms with Crippen molar-refractivity contribution in [2.45, 2.75) is 64.6 Å². The number of benzene rings is 1. The minimum Gasteiger partial charge on any atom is -0.317 e. The molecule has 1 fully saturated rings. The van der Waals surface area contributed by atoms with Gasteiger partial charge in [-0.3, -0.25) is 4.90 Å². The normalized spacial score (nSPS) is 24.9. The van der Waals surface area contributed by atoms with Gasteiger partial charge in [0.25, 0.3) is 0 Å². The summed E-state index contributed by atoms with van der Waals surface area (Å²) in [4.78, 5) is 2.59. The van der Waals surface area contributed by atoms with E-state index in [0.717, 1.165) is 12.1 Å². The van der Waals surface area contributed by atoms with E-state index >= 15 is 0 Å². The lowest BCUT2D eigenvalue weighted by atomic mass is 9.88. The van der Waals surface area contributed by atoms with Crippen LogP contribution in [0.3, 0.4) is 0 Å².